The molecule has 1 aliphatic rings. The van der Waals surface area contributed by atoms with Crippen LogP contribution in [0.2, 0.25) is 0 Å². The third kappa shape index (κ3) is 2.56. The molecule has 1 fully saturated rings. The van der Waals surface area contributed by atoms with Crippen LogP contribution in [0.1, 0.15) is 25.8 Å². The lowest BCUT2D eigenvalue weighted by molar-refractivity contribution is -0.0450. The zero-order valence-electron chi connectivity index (χ0n) is 11.6. The van der Waals surface area contributed by atoms with E-state index in [1.807, 2.05) is 11.4 Å². The van der Waals surface area contributed by atoms with E-state index in [4.69, 9.17) is 15.0 Å². The average Bonchev–Trinajstić information content (AvgIpc) is 3.07. The van der Waals surface area contributed by atoms with Crippen LogP contribution in [0.4, 0.5) is 5.69 Å². The van der Waals surface area contributed by atoms with E-state index < -0.39 is 0 Å². The van der Waals surface area contributed by atoms with Crippen molar-refractivity contribution in [1.29, 1.82) is 0 Å². The minimum atomic E-state index is -0.134. The molecular formula is C13H18N4O2S. The van der Waals surface area contributed by atoms with E-state index in [0.29, 0.717) is 30.1 Å². The summed E-state index contributed by atoms with van der Waals surface area (Å²) in [7, 11) is 0. The van der Waals surface area contributed by atoms with Crippen LogP contribution in [-0.4, -0.2) is 40.8 Å². The van der Waals surface area contributed by atoms with E-state index in [9.17, 15) is 0 Å². The minimum Gasteiger partial charge on any atom is -0.397 e. The molecule has 0 bridgehead atoms. The molecule has 2 aromatic rings. The van der Waals surface area contributed by atoms with Crippen molar-refractivity contribution < 1.29 is 9.26 Å². The lowest BCUT2D eigenvalue weighted by Gasteiger charge is -2.34. The molecule has 2 aromatic heterocycles. The number of hydrogen-bond donors (Lipinski definition) is 1. The van der Waals surface area contributed by atoms with Crippen LogP contribution in [0.5, 0.6) is 0 Å². The van der Waals surface area contributed by atoms with Crippen molar-refractivity contribution in [2.24, 2.45) is 0 Å². The van der Waals surface area contributed by atoms with Gasteiger partial charge in [0.25, 0.3) is 5.89 Å². The van der Waals surface area contributed by atoms with Crippen molar-refractivity contribution in [3.05, 3.63) is 17.3 Å². The smallest absolute Gasteiger partial charge is 0.270 e. The van der Waals surface area contributed by atoms with Gasteiger partial charge in [0.15, 0.2) is 0 Å². The molecule has 0 amide bonds. The van der Waals surface area contributed by atoms with Gasteiger partial charge in [0, 0.05) is 19.1 Å². The molecule has 1 atom stereocenters. The van der Waals surface area contributed by atoms with E-state index in [-0.39, 0.29) is 6.10 Å². The Kier molecular flexibility index (Phi) is 3.73. The topological polar surface area (TPSA) is 77.4 Å². The van der Waals surface area contributed by atoms with Gasteiger partial charge in [-0.2, -0.15) is 4.98 Å². The first-order valence-electron chi connectivity index (χ1n) is 6.67. The predicted octanol–water partition coefficient (Wildman–Crippen LogP) is 2.16. The molecule has 1 aliphatic heterocycles. The quantitative estimate of drug-likeness (QED) is 0.934. The fraction of sp³-hybridized carbons (Fsp3) is 0.538. The number of nitrogen functional groups attached to an aromatic ring is 1. The van der Waals surface area contributed by atoms with Gasteiger partial charge in [-0.1, -0.05) is 5.16 Å². The first kappa shape index (κ1) is 13.5. The van der Waals surface area contributed by atoms with Crippen molar-refractivity contribution in [3.63, 3.8) is 0 Å². The summed E-state index contributed by atoms with van der Waals surface area (Å²) >= 11 is 1.50. The summed E-state index contributed by atoms with van der Waals surface area (Å²) in [6, 6.07) is 2.32. The Morgan fingerprint density at radius 3 is 3.05 bits per heavy atom. The van der Waals surface area contributed by atoms with Gasteiger partial charge in [0.1, 0.15) is 11.0 Å². The lowest BCUT2D eigenvalue weighted by atomic mass is 10.2. The molecule has 3 rings (SSSR count). The SMILES string of the molecule is CC(C)N1CCOC(c2noc(-c3sccc3N)n2)C1. The fourth-order valence-electron chi connectivity index (χ4n) is 2.25. The van der Waals surface area contributed by atoms with Crippen LogP contribution < -0.4 is 5.73 Å². The van der Waals surface area contributed by atoms with E-state index in [1.165, 1.54) is 11.3 Å². The minimum absolute atomic E-state index is 0.134. The van der Waals surface area contributed by atoms with Crippen LogP contribution in [0, 0.1) is 0 Å². The van der Waals surface area contributed by atoms with Gasteiger partial charge in [0.2, 0.25) is 5.82 Å². The molecule has 108 valence electrons. The average molecular weight is 294 g/mol. The number of nitrogens with two attached hydrogens (primary N) is 1. The predicted molar refractivity (Wildman–Crippen MR) is 77.4 cm³/mol. The molecule has 0 radical (unpaired) electrons. The highest BCUT2D eigenvalue weighted by molar-refractivity contribution is 7.14. The fourth-order valence-corrected chi connectivity index (χ4v) is 2.98. The van der Waals surface area contributed by atoms with E-state index >= 15 is 0 Å². The summed E-state index contributed by atoms with van der Waals surface area (Å²) in [5, 5.41) is 5.95. The van der Waals surface area contributed by atoms with Crippen LogP contribution >= 0.6 is 11.3 Å². The highest BCUT2D eigenvalue weighted by Gasteiger charge is 2.28. The third-order valence-corrected chi connectivity index (χ3v) is 4.37. The van der Waals surface area contributed by atoms with Gasteiger partial charge < -0.3 is 15.0 Å². The second kappa shape index (κ2) is 5.51. The van der Waals surface area contributed by atoms with Crippen molar-refractivity contribution in [2.45, 2.75) is 26.0 Å². The number of ether oxygens (including phenoxy) is 1. The van der Waals surface area contributed by atoms with Gasteiger partial charge in [-0.3, -0.25) is 4.90 Å². The van der Waals surface area contributed by atoms with E-state index in [1.54, 1.807) is 0 Å². The number of nitrogens with zero attached hydrogens (tertiary/aromatic N) is 3. The van der Waals surface area contributed by atoms with Crippen LogP contribution in [0.3, 0.4) is 0 Å². The maximum atomic E-state index is 5.87. The Balaban J connectivity index is 1.78. The molecule has 0 aromatic carbocycles. The maximum Gasteiger partial charge on any atom is 0.270 e. The Morgan fingerprint density at radius 1 is 1.50 bits per heavy atom. The van der Waals surface area contributed by atoms with Gasteiger partial charge in [-0.25, -0.2) is 0 Å². The van der Waals surface area contributed by atoms with Crippen molar-refractivity contribution >= 4 is 17.0 Å². The normalized spacial score (nSPS) is 20.6. The van der Waals surface area contributed by atoms with Crippen LogP contribution in [0.15, 0.2) is 16.0 Å². The van der Waals surface area contributed by atoms with Crippen molar-refractivity contribution in [2.75, 3.05) is 25.4 Å². The zero-order valence-corrected chi connectivity index (χ0v) is 12.4. The summed E-state index contributed by atoms with van der Waals surface area (Å²) in [6.07, 6.45) is -0.134. The van der Waals surface area contributed by atoms with Crippen LogP contribution in [-0.2, 0) is 4.74 Å². The number of rotatable bonds is 3. The van der Waals surface area contributed by atoms with E-state index in [2.05, 4.69) is 28.9 Å². The second-order valence-corrected chi connectivity index (χ2v) is 6.03. The Morgan fingerprint density at radius 2 is 2.35 bits per heavy atom. The third-order valence-electron chi connectivity index (χ3n) is 3.45. The first-order chi connectivity index (χ1) is 9.65. The Labute approximate surface area is 121 Å². The number of hydrogen-bond acceptors (Lipinski definition) is 7. The van der Waals surface area contributed by atoms with Gasteiger partial charge in [-0.15, -0.1) is 11.3 Å². The summed E-state index contributed by atoms with van der Waals surface area (Å²) in [5.41, 5.74) is 6.53. The van der Waals surface area contributed by atoms with Crippen molar-refractivity contribution in [3.8, 4) is 10.8 Å². The van der Waals surface area contributed by atoms with E-state index in [0.717, 1.165) is 18.0 Å². The number of aromatic nitrogens is 2. The molecular weight excluding hydrogens is 276 g/mol. The Hall–Kier alpha value is -1.44. The van der Waals surface area contributed by atoms with Crippen molar-refractivity contribution in [1.82, 2.24) is 15.0 Å². The molecule has 0 aliphatic carbocycles. The largest absolute Gasteiger partial charge is 0.397 e. The molecule has 1 unspecified atom stereocenters. The molecule has 0 spiro atoms. The molecule has 1 saturated heterocycles. The standard InChI is InChI=1S/C13H18N4O2S/c1-8(2)17-4-5-18-10(7-17)12-15-13(19-16-12)11-9(14)3-6-20-11/h3,6,8,10H,4-5,7,14H2,1-2H3. The summed E-state index contributed by atoms with van der Waals surface area (Å²) in [4.78, 5) is 7.60. The molecule has 7 heteroatoms. The van der Waals surface area contributed by atoms with Gasteiger partial charge in [-0.05, 0) is 25.3 Å². The lowest BCUT2D eigenvalue weighted by Crippen LogP contribution is -2.42. The summed E-state index contributed by atoms with van der Waals surface area (Å²) < 4.78 is 11.1. The molecule has 0 saturated carbocycles. The Bertz CT molecular complexity index is 580. The molecule has 20 heavy (non-hydrogen) atoms. The first-order valence-corrected chi connectivity index (χ1v) is 7.55. The van der Waals surface area contributed by atoms with Crippen LogP contribution in [0.25, 0.3) is 10.8 Å². The molecule has 2 N–H and O–H groups in total. The van der Waals surface area contributed by atoms with Gasteiger partial charge in [0.05, 0.1) is 12.3 Å². The number of anilines is 1. The number of morpholine rings is 1. The zero-order chi connectivity index (χ0) is 14.1. The summed E-state index contributed by atoms with van der Waals surface area (Å²) in [5.74, 6) is 1.07. The van der Waals surface area contributed by atoms with Gasteiger partial charge >= 0.3 is 0 Å². The molecule has 6 nitrogen and oxygen atoms in total. The summed E-state index contributed by atoms with van der Waals surface area (Å²) in [6.45, 7) is 6.77. The monoisotopic (exact) mass is 294 g/mol. The number of thiophene rings is 1. The maximum absolute atomic E-state index is 5.87. The highest BCUT2D eigenvalue weighted by Crippen LogP contribution is 2.31. The second-order valence-electron chi connectivity index (χ2n) is 5.11. The highest BCUT2D eigenvalue weighted by atomic mass is 32.1. The molecule has 3 heterocycles.